The molecule has 0 bridgehead atoms. The first-order chi connectivity index (χ1) is 9.11. The molecule has 0 radical (unpaired) electrons. The first-order valence-corrected chi connectivity index (χ1v) is 7.44. The monoisotopic (exact) mass is 321 g/mol. The summed E-state index contributed by atoms with van der Waals surface area (Å²) >= 11 is 3.65. The van der Waals surface area contributed by atoms with E-state index in [9.17, 15) is 0 Å². The van der Waals surface area contributed by atoms with Crippen LogP contribution in [0.1, 0.15) is 30.3 Å². The third kappa shape index (κ3) is 3.45. The molecule has 0 amide bonds. The molecule has 0 aliphatic carbocycles. The van der Waals surface area contributed by atoms with Gasteiger partial charge < -0.3 is 5.32 Å². The van der Waals surface area contributed by atoms with Gasteiger partial charge in [0.15, 0.2) is 0 Å². The van der Waals surface area contributed by atoms with Gasteiger partial charge in [-0.05, 0) is 66.5 Å². The minimum absolute atomic E-state index is 0.907. The quantitative estimate of drug-likeness (QED) is 0.850. The van der Waals surface area contributed by atoms with Crippen LogP contribution in [0, 0.1) is 13.8 Å². The Morgan fingerprint density at radius 3 is 2.63 bits per heavy atom. The fourth-order valence-corrected chi connectivity index (χ4v) is 2.71. The van der Waals surface area contributed by atoms with Crippen LogP contribution in [0.5, 0.6) is 0 Å². The lowest BCUT2D eigenvalue weighted by atomic mass is 10.2. The summed E-state index contributed by atoms with van der Waals surface area (Å²) in [5.74, 6) is 0. The summed E-state index contributed by atoms with van der Waals surface area (Å²) in [6.07, 6.45) is 1.16. The molecule has 0 saturated carbocycles. The first-order valence-electron chi connectivity index (χ1n) is 6.64. The molecule has 2 aromatic rings. The predicted molar refractivity (Wildman–Crippen MR) is 82.7 cm³/mol. The van der Waals surface area contributed by atoms with Gasteiger partial charge in [-0.15, -0.1) is 0 Å². The normalized spacial score (nSPS) is 10.9. The van der Waals surface area contributed by atoms with Crippen molar-refractivity contribution in [2.45, 2.75) is 33.7 Å². The summed E-state index contributed by atoms with van der Waals surface area (Å²) in [5.41, 5.74) is 4.56. The summed E-state index contributed by atoms with van der Waals surface area (Å²) in [6.45, 7) is 8.22. The van der Waals surface area contributed by atoms with Crippen LogP contribution in [0.25, 0.3) is 5.69 Å². The van der Waals surface area contributed by atoms with E-state index in [0.29, 0.717) is 0 Å². The third-order valence-corrected chi connectivity index (χ3v) is 3.64. The lowest BCUT2D eigenvalue weighted by Gasteiger charge is -2.10. The van der Waals surface area contributed by atoms with Crippen molar-refractivity contribution in [3.8, 4) is 5.69 Å². The molecule has 0 aliphatic rings. The maximum atomic E-state index is 4.52. The summed E-state index contributed by atoms with van der Waals surface area (Å²) in [6, 6.07) is 8.52. The summed E-state index contributed by atoms with van der Waals surface area (Å²) in [5, 5.41) is 7.93. The highest BCUT2D eigenvalue weighted by Crippen LogP contribution is 2.23. The molecular weight excluding hydrogens is 302 g/mol. The smallest absolute Gasteiger partial charge is 0.0790 e. The van der Waals surface area contributed by atoms with Crippen LogP contribution in [0.15, 0.2) is 28.7 Å². The number of benzene rings is 1. The van der Waals surface area contributed by atoms with Crippen LogP contribution in [-0.2, 0) is 6.54 Å². The van der Waals surface area contributed by atoms with Gasteiger partial charge in [-0.25, -0.2) is 4.68 Å². The minimum Gasteiger partial charge on any atom is -0.313 e. The molecule has 1 aromatic heterocycles. The molecule has 1 aromatic carbocycles. The Hall–Kier alpha value is -1.13. The van der Waals surface area contributed by atoms with E-state index in [1.165, 1.54) is 5.56 Å². The maximum absolute atomic E-state index is 4.52. The zero-order valence-electron chi connectivity index (χ0n) is 11.7. The van der Waals surface area contributed by atoms with Crippen LogP contribution in [0.4, 0.5) is 0 Å². The second-order valence-corrected chi connectivity index (χ2v) is 5.66. The number of aromatic nitrogens is 2. The number of rotatable bonds is 5. The second kappa shape index (κ2) is 6.35. The number of halogens is 1. The summed E-state index contributed by atoms with van der Waals surface area (Å²) in [4.78, 5) is 0. The summed E-state index contributed by atoms with van der Waals surface area (Å²) < 4.78 is 3.05. The zero-order chi connectivity index (χ0) is 13.8. The van der Waals surface area contributed by atoms with Crippen molar-refractivity contribution in [2.75, 3.05) is 6.54 Å². The standard InChI is InChI=1S/C15H20BrN3/c1-4-7-17-10-13-5-6-15(14(16)9-13)19-12(3)8-11(2)18-19/h5-6,8-9,17H,4,7,10H2,1-3H3. The molecule has 1 heterocycles. The highest BCUT2D eigenvalue weighted by atomic mass is 79.9. The van der Waals surface area contributed by atoms with E-state index < -0.39 is 0 Å². The Bertz CT molecular complexity index is 561. The number of nitrogens with one attached hydrogen (secondary N) is 1. The Morgan fingerprint density at radius 2 is 2.05 bits per heavy atom. The van der Waals surface area contributed by atoms with Gasteiger partial charge in [-0.3, -0.25) is 0 Å². The SMILES string of the molecule is CCCNCc1ccc(-n2nc(C)cc2C)c(Br)c1. The maximum Gasteiger partial charge on any atom is 0.0790 e. The van der Waals surface area contributed by atoms with Gasteiger partial charge in [0, 0.05) is 16.7 Å². The summed E-state index contributed by atoms with van der Waals surface area (Å²) in [7, 11) is 0. The van der Waals surface area contributed by atoms with E-state index in [1.807, 2.05) is 11.6 Å². The van der Waals surface area contributed by atoms with Crippen LogP contribution in [-0.4, -0.2) is 16.3 Å². The Labute approximate surface area is 123 Å². The molecule has 0 saturated heterocycles. The molecule has 0 atom stereocenters. The minimum atomic E-state index is 0.907. The van der Waals surface area contributed by atoms with Gasteiger partial charge in [0.05, 0.1) is 11.4 Å². The van der Waals surface area contributed by atoms with E-state index in [0.717, 1.165) is 41.1 Å². The number of nitrogens with zero attached hydrogens (tertiary/aromatic N) is 2. The molecule has 0 unspecified atom stereocenters. The molecule has 0 fully saturated rings. The largest absolute Gasteiger partial charge is 0.313 e. The molecule has 19 heavy (non-hydrogen) atoms. The van der Waals surface area contributed by atoms with Gasteiger partial charge in [-0.2, -0.15) is 5.10 Å². The molecular formula is C15H20BrN3. The van der Waals surface area contributed by atoms with Crippen molar-refractivity contribution < 1.29 is 0 Å². The van der Waals surface area contributed by atoms with Crippen molar-refractivity contribution in [2.24, 2.45) is 0 Å². The number of aryl methyl sites for hydroxylation is 2. The average Bonchev–Trinajstić information content (AvgIpc) is 2.69. The van der Waals surface area contributed by atoms with E-state index in [-0.39, 0.29) is 0 Å². The van der Waals surface area contributed by atoms with E-state index in [2.05, 4.69) is 64.5 Å². The average molecular weight is 322 g/mol. The van der Waals surface area contributed by atoms with Gasteiger partial charge in [-0.1, -0.05) is 13.0 Å². The van der Waals surface area contributed by atoms with E-state index >= 15 is 0 Å². The first kappa shape index (κ1) is 14.3. The van der Waals surface area contributed by atoms with Crippen LogP contribution < -0.4 is 5.32 Å². The molecule has 0 spiro atoms. The molecule has 3 nitrogen and oxygen atoms in total. The van der Waals surface area contributed by atoms with Gasteiger partial charge in [0.2, 0.25) is 0 Å². The van der Waals surface area contributed by atoms with Crippen LogP contribution >= 0.6 is 15.9 Å². The second-order valence-electron chi connectivity index (χ2n) is 4.80. The topological polar surface area (TPSA) is 29.9 Å². The predicted octanol–water partition coefficient (Wildman–Crippen LogP) is 3.75. The Balaban J connectivity index is 2.22. The molecule has 0 aliphatic heterocycles. The van der Waals surface area contributed by atoms with Crippen molar-refractivity contribution in [1.82, 2.24) is 15.1 Å². The lowest BCUT2D eigenvalue weighted by molar-refractivity contribution is 0.675. The van der Waals surface area contributed by atoms with Crippen molar-refractivity contribution in [3.63, 3.8) is 0 Å². The van der Waals surface area contributed by atoms with Crippen molar-refractivity contribution >= 4 is 15.9 Å². The zero-order valence-corrected chi connectivity index (χ0v) is 13.3. The highest BCUT2D eigenvalue weighted by molar-refractivity contribution is 9.10. The highest BCUT2D eigenvalue weighted by Gasteiger charge is 2.08. The van der Waals surface area contributed by atoms with Gasteiger partial charge in [0.25, 0.3) is 0 Å². The Morgan fingerprint density at radius 1 is 1.26 bits per heavy atom. The lowest BCUT2D eigenvalue weighted by Crippen LogP contribution is -2.13. The fraction of sp³-hybridized carbons (Fsp3) is 0.400. The molecule has 102 valence electrons. The van der Waals surface area contributed by atoms with Crippen molar-refractivity contribution in [1.29, 1.82) is 0 Å². The van der Waals surface area contributed by atoms with Crippen LogP contribution in [0.2, 0.25) is 0 Å². The number of hydrogen-bond donors (Lipinski definition) is 1. The van der Waals surface area contributed by atoms with E-state index in [4.69, 9.17) is 0 Å². The third-order valence-electron chi connectivity index (χ3n) is 3.01. The molecule has 4 heteroatoms. The molecule has 2 rings (SSSR count). The van der Waals surface area contributed by atoms with Crippen LogP contribution in [0.3, 0.4) is 0 Å². The van der Waals surface area contributed by atoms with E-state index in [1.54, 1.807) is 0 Å². The van der Waals surface area contributed by atoms with Gasteiger partial charge in [0.1, 0.15) is 0 Å². The fourth-order valence-electron chi connectivity index (χ4n) is 2.11. The van der Waals surface area contributed by atoms with Gasteiger partial charge >= 0.3 is 0 Å². The Kier molecular flexibility index (Phi) is 4.77. The van der Waals surface area contributed by atoms with Crippen molar-refractivity contribution in [3.05, 3.63) is 45.7 Å². The molecule has 1 N–H and O–H groups in total. The number of hydrogen-bond acceptors (Lipinski definition) is 2.